The fourth-order valence-electron chi connectivity index (χ4n) is 4.32. The zero-order chi connectivity index (χ0) is 17.4. The number of aryl methyl sites for hydroxylation is 2. The number of ether oxygens (including phenoxy) is 1. The number of aromatic amines is 1. The van der Waals surface area contributed by atoms with Crippen molar-refractivity contribution in [2.24, 2.45) is 0 Å². The SMILES string of the molecule is Cc1cc(C)c2[nH]c(CN[C@@H]3COC4(CCNCC4)C3)cc(=O)c2c1. The van der Waals surface area contributed by atoms with Gasteiger partial charge >= 0.3 is 0 Å². The van der Waals surface area contributed by atoms with E-state index in [0.29, 0.717) is 12.6 Å². The van der Waals surface area contributed by atoms with Crippen LogP contribution in [-0.4, -0.2) is 36.3 Å². The first-order valence-corrected chi connectivity index (χ1v) is 9.26. The van der Waals surface area contributed by atoms with Gasteiger partial charge in [0.25, 0.3) is 0 Å². The summed E-state index contributed by atoms with van der Waals surface area (Å²) >= 11 is 0. The van der Waals surface area contributed by atoms with Gasteiger partial charge in [-0.05, 0) is 63.4 Å². The zero-order valence-corrected chi connectivity index (χ0v) is 15.1. The van der Waals surface area contributed by atoms with Gasteiger partial charge in [0.15, 0.2) is 5.43 Å². The smallest absolute Gasteiger partial charge is 0.189 e. The Bertz CT molecular complexity index is 837. The van der Waals surface area contributed by atoms with E-state index in [-0.39, 0.29) is 11.0 Å². The lowest BCUT2D eigenvalue weighted by Gasteiger charge is -2.32. The van der Waals surface area contributed by atoms with E-state index in [2.05, 4.69) is 21.7 Å². The molecule has 0 saturated carbocycles. The summed E-state index contributed by atoms with van der Waals surface area (Å²) in [4.78, 5) is 15.9. The van der Waals surface area contributed by atoms with Gasteiger partial charge in [0, 0.05) is 29.7 Å². The number of piperidine rings is 1. The molecular weight excluding hydrogens is 314 g/mol. The molecule has 1 spiro atoms. The van der Waals surface area contributed by atoms with Crippen molar-refractivity contribution in [3.8, 4) is 0 Å². The van der Waals surface area contributed by atoms with Crippen molar-refractivity contribution >= 4 is 10.9 Å². The van der Waals surface area contributed by atoms with Crippen LogP contribution in [0.25, 0.3) is 10.9 Å². The van der Waals surface area contributed by atoms with E-state index in [4.69, 9.17) is 4.74 Å². The van der Waals surface area contributed by atoms with Gasteiger partial charge in [-0.2, -0.15) is 0 Å². The molecule has 1 aromatic carbocycles. The third-order valence-corrected chi connectivity index (χ3v) is 5.64. The molecule has 0 amide bonds. The number of benzene rings is 1. The Balaban J connectivity index is 1.47. The predicted molar refractivity (Wildman–Crippen MR) is 100 cm³/mol. The van der Waals surface area contributed by atoms with Crippen molar-refractivity contribution in [1.29, 1.82) is 0 Å². The van der Waals surface area contributed by atoms with Crippen LogP contribution < -0.4 is 16.1 Å². The van der Waals surface area contributed by atoms with Gasteiger partial charge < -0.3 is 20.4 Å². The topological polar surface area (TPSA) is 66.2 Å². The van der Waals surface area contributed by atoms with E-state index < -0.39 is 0 Å². The normalized spacial score (nSPS) is 22.7. The van der Waals surface area contributed by atoms with Crippen molar-refractivity contribution in [3.05, 3.63) is 45.2 Å². The molecule has 134 valence electrons. The van der Waals surface area contributed by atoms with E-state index in [1.54, 1.807) is 6.07 Å². The number of rotatable bonds is 3. The largest absolute Gasteiger partial charge is 0.373 e. The van der Waals surface area contributed by atoms with Crippen LogP contribution in [0.5, 0.6) is 0 Å². The highest BCUT2D eigenvalue weighted by molar-refractivity contribution is 5.82. The molecule has 25 heavy (non-hydrogen) atoms. The Hall–Kier alpha value is -1.69. The Morgan fingerprint density at radius 3 is 2.84 bits per heavy atom. The van der Waals surface area contributed by atoms with Crippen LogP contribution in [0.1, 0.15) is 36.1 Å². The lowest BCUT2D eigenvalue weighted by Crippen LogP contribution is -2.42. The van der Waals surface area contributed by atoms with Crippen LogP contribution in [0.15, 0.2) is 23.0 Å². The van der Waals surface area contributed by atoms with Gasteiger partial charge in [0.1, 0.15) is 0 Å². The molecule has 2 aromatic rings. The number of nitrogens with one attached hydrogen (secondary N) is 3. The van der Waals surface area contributed by atoms with Gasteiger partial charge in [-0.15, -0.1) is 0 Å². The molecule has 1 atom stereocenters. The Kier molecular flexibility index (Phi) is 4.40. The van der Waals surface area contributed by atoms with Crippen LogP contribution in [0.3, 0.4) is 0 Å². The number of hydrogen-bond acceptors (Lipinski definition) is 4. The monoisotopic (exact) mass is 341 g/mol. The molecule has 5 heteroatoms. The number of pyridine rings is 1. The first-order chi connectivity index (χ1) is 12.0. The minimum atomic E-state index is 0.0633. The van der Waals surface area contributed by atoms with E-state index in [1.165, 1.54) is 0 Å². The fourth-order valence-corrected chi connectivity index (χ4v) is 4.32. The Labute approximate surface area is 148 Å². The summed E-state index contributed by atoms with van der Waals surface area (Å²) in [5.41, 5.74) is 4.29. The predicted octanol–water partition coefficient (Wildman–Crippen LogP) is 2.15. The quantitative estimate of drug-likeness (QED) is 0.800. The van der Waals surface area contributed by atoms with Crippen LogP contribution in [0, 0.1) is 13.8 Å². The lowest BCUT2D eigenvalue weighted by atomic mass is 9.88. The van der Waals surface area contributed by atoms with Crippen molar-refractivity contribution in [2.45, 2.75) is 51.3 Å². The maximum atomic E-state index is 12.5. The highest BCUT2D eigenvalue weighted by Gasteiger charge is 2.40. The van der Waals surface area contributed by atoms with Crippen molar-refractivity contribution < 1.29 is 4.74 Å². The summed E-state index contributed by atoms with van der Waals surface area (Å²) < 4.78 is 6.13. The summed E-state index contributed by atoms with van der Waals surface area (Å²) in [6, 6.07) is 6.16. The second-order valence-electron chi connectivity index (χ2n) is 7.69. The highest BCUT2D eigenvalue weighted by Crippen LogP contribution is 2.33. The van der Waals surface area contributed by atoms with Crippen LogP contribution in [-0.2, 0) is 11.3 Å². The summed E-state index contributed by atoms with van der Waals surface area (Å²) in [5, 5.41) is 7.75. The second-order valence-corrected chi connectivity index (χ2v) is 7.69. The molecule has 0 bridgehead atoms. The molecule has 0 unspecified atom stereocenters. The summed E-state index contributed by atoms with van der Waals surface area (Å²) in [5.74, 6) is 0. The number of fused-ring (bicyclic) bond motifs is 1. The summed E-state index contributed by atoms with van der Waals surface area (Å²) in [6.45, 7) is 7.59. The molecule has 1 aromatic heterocycles. The molecule has 2 fully saturated rings. The molecule has 3 N–H and O–H groups in total. The van der Waals surface area contributed by atoms with Crippen LogP contribution in [0.4, 0.5) is 0 Å². The molecule has 5 nitrogen and oxygen atoms in total. The number of aromatic nitrogens is 1. The Morgan fingerprint density at radius 2 is 2.04 bits per heavy atom. The molecule has 0 radical (unpaired) electrons. The van der Waals surface area contributed by atoms with Gasteiger partial charge in [-0.25, -0.2) is 0 Å². The summed E-state index contributed by atoms with van der Waals surface area (Å²) in [6.07, 6.45) is 3.25. The molecule has 2 aliphatic heterocycles. The van der Waals surface area contributed by atoms with E-state index in [1.807, 2.05) is 19.9 Å². The summed E-state index contributed by atoms with van der Waals surface area (Å²) in [7, 11) is 0. The minimum Gasteiger partial charge on any atom is -0.373 e. The lowest BCUT2D eigenvalue weighted by molar-refractivity contribution is -0.0194. The average Bonchev–Trinajstić information content (AvgIpc) is 2.97. The molecule has 4 rings (SSSR count). The van der Waals surface area contributed by atoms with Gasteiger partial charge in [0.2, 0.25) is 0 Å². The van der Waals surface area contributed by atoms with Crippen molar-refractivity contribution in [2.75, 3.05) is 19.7 Å². The molecular formula is C20H27N3O2. The number of H-pyrrole nitrogens is 1. The molecule has 2 saturated heterocycles. The average molecular weight is 341 g/mol. The molecule has 0 aliphatic carbocycles. The van der Waals surface area contributed by atoms with Crippen molar-refractivity contribution in [3.63, 3.8) is 0 Å². The second kappa shape index (κ2) is 6.56. The van der Waals surface area contributed by atoms with Gasteiger partial charge in [0.05, 0.1) is 17.7 Å². The van der Waals surface area contributed by atoms with E-state index in [0.717, 1.165) is 66.7 Å². The van der Waals surface area contributed by atoms with Crippen LogP contribution in [0.2, 0.25) is 0 Å². The van der Waals surface area contributed by atoms with Gasteiger partial charge in [-0.1, -0.05) is 6.07 Å². The number of hydrogen-bond donors (Lipinski definition) is 3. The van der Waals surface area contributed by atoms with Gasteiger partial charge in [-0.3, -0.25) is 4.79 Å². The Morgan fingerprint density at radius 1 is 1.24 bits per heavy atom. The maximum absolute atomic E-state index is 12.5. The highest BCUT2D eigenvalue weighted by atomic mass is 16.5. The standard InChI is InChI=1S/C20H27N3O2/c1-13-7-14(2)19-17(8-13)18(24)9-15(23-19)11-22-16-10-20(25-12-16)3-5-21-6-4-20/h7-9,16,21-22H,3-6,10-12H2,1-2H3,(H,23,24)/t16-/m0/s1. The molecule has 3 heterocycles. The minimum absolute atomic E-state index is 0.0633. The van der Waals surface area contributed by atoms with E-state index in [9.17, 15) is 4.79 Å². The van der Waals surface area contributed by atoms with Crippen LogP contribution >= 0.6 is 0 Å². The third-order valence-electron chi connectivity index (χ3n) is 5.64. The van der Waals surface area contributed by atoms with E-state index >= 15 is 0 Å². The fraction of sp³-hybridized carbons (Fsp3) is 0.550. The first kappa shape index (κ1) is 16.8. The molecule has 2 aliphatic rings. The maximum Gasteiger partial charge on any atom is 0.189 e. The third kappa shape index (κ3) is 3.36. The zero-order valence-electron chi connectivity index (χ0n) is 15.1. The first-order valence-electron chi connectivity index (χ1n) is 9.26. The van der Waals surface area contributed by atoms with Crippen molar-refractivity contribution in [1.82, 2.24) is 15.6 Å².